The molecule has 0 radical (unpaired) electrons. The van der Waals surface area contributed by atoms with Crippen molar-refractivity contribution in [2.24, 2.45) is 11.8 Å². The number of ether oxygens (including phenoxy) is 1. The van der Waals surface area contributed by atoms with Crippen molar-refractivity contribution in [2.45, 2.75) is 65.6 Å². The number of hydrogen-bond donors (Lipinski definition) is 0. The maximum Gasteiger partial charge on any atom is 0.319 e. The second kappa shape index (κ2) is 10.8. The summed E-state index contributed by atoms with van der Waals surface area (Å²) in [5.74, 6) is 1.08. The molecule has 0 aromatic rings. The zero-order chi connectivity index (χ0) is 21.7. The molecule has 0 saturated carbocycles. The average molecular weight is 423 g/mol. The third-order valence-corrected chi connectivity index (χ3v) is 7.09. The third kappa shape index (κ3) is 5.88. The van der Waals surface area contributed by atoms with Crippen molar-refractivity contribution < 1.29 is 14.3 Å². The summed E-state index contributed by atoms with van der Waals surface area (Å²) in [4.78, 5) is 34.0. The van der Waals surface area contributed by atoms with Crippen LogP contribution in [0.2, 0.25) is 0 Å². The van der Waals surface area contributed by atoms with Crippen LogP contribution in [0.3, 0.4) is 0 Å². The molecule has 3 rings (SSSR count). The molecule has 3 aliphatic heterocycles. The molecule has 3 heterocycles. The van der Waals surface area contributed by atoms with E-state index in [1.54, 1.807) is 0 Å². The Morgan fingerprint density at radius 3 is 1.93 bits per heavy atom. The molecule has 7 heteroatoms. The quantitative estimate of drug-likeness (QED) is 0.683. The fourth-order valence-electron chi connectivity index (χ4n) is 5.40. The summed E-state index contributed by atoms with van der Waals surface area (Å²) in [6, 6.07) is 0.124. The number of nitrogens with zero attached hydrogens (tertiary/aromatic N) is 4. The highest BCUT2D eigenvalue weighted by Crippen LogP contribution is 2.25. The molecule has 3 aliphatic rings. The molecule has 0 N–H and O–H groups in total. The number of urea groups is 1. The number of piperidine rings is 2. The van der Waals surface area contributed by atoms with Crippen LogP contribution in [0, 0.1) is 11.8 Å². The molecule has 30 heavy (non-hydrogen) atoms. The van der Waals surface area contributed by atoms with Crippen LogP contribution in [0.1, 0.15) is 53.4 Å². The second-order valence-corrected chi connectivity index (χ2v) is 9.46. The van der Waals surface area contributed by atoms with E-state index >= 15 is 0 Å². The zero-order valence-corrected chi connectivity index (χ0v) is 19.5. The van der Waals surface area contributed by atoms with Crippen LogP contribution in [-0.2, 0) is 9.53 Å². The first kappa shape index (κ1) is 23.3. The summed E-state index contributed by atoms with van der Waals surface area (Å²) < 4.78 is 5.85. The van der Waals surface area contributed by atoms with Gasteiger partial charge >= 0.3 is 6.03 Å². The number of likely N-dealkylation sites (tertiary alicyclic amines) is 2. The molecular formula is C23H42N4O3. The van der Waals surface area contributed by atoms with E-state index in [9.17, 15) is 9.59 Å². The Morgan fingerprint density at radius 2 is 1.40 bits per heavy atom. The highest BCUT2D eigenvalue weighted by molar-refractivity contribution is 5.80. The van der Waals surface area contributed by atoms with Crippen LogP contribution in [0.4, 0.5) is 4.79 Å². The molecule has 0 aliphatic carbocycles. The molecular weight excluding hydrogens is 380 g/mol. The Kier molecular flexibility index (Phi) is 8.40. The van der Waals surface area contributed by atoms with Gasteiger partial charge in [0.15, 0.2) is 0 Å². The first-order chi connectivity index (χ1) is 14.4. The second-order valence-electron chi connectivity index (χ2n) is 9.46. The third-order valence-electron chi connectivity index (χ3n) is 7.09. The van der Waals surface area contributed by atoms with Gasteiger partial charge in [0.05, 0.1) is 12.2 Å². The molecule has 3 saturated heterocycles. The Balaban J connectivity index is 1.40. The molecule has 3 amide bonds. The number of amides is 3. The van der Waals surface area contributed by atoms with E-state index in [2.05, 4.69) is 23.6 Å². The monoisotopic (exact) mass is 422 g/mol. The van der Waals surface area contributed by atoms with Crippen molar-refractivity contribution in [3.8, 4) is 0 Å². The molecule has 0 spiro atoms. The van der Waals surface area contributed by atoms with Gasteiger partial charge in [0.1, 0.15) is 0 Å². The normalized spacial score (nSPS) is 27.3. The topological polar surface area (TPSA) is 56.3 Å². The van der Waals surface area contributed by atoms with Gasteiger partial charge in [-0.3, -0.25) is 9.69 Å². The molecule has 172 valence electrons. The van der Waals surface area contributed by atoms with E-state index in [1.807, 2.05) is 23.6 Å². The van der Waals surface area contributed by atoms with E-state index in [0.717, 1.165) is 71.5 Å². The standard InChI is InChI=1S/C23H42N4O3/c1-5-25(6-2)23(29)27-13-9-21(10-14-27)22(28)26-11-7-20(8-12-26)17-24-15-18(3)30-19(4)16-24/h18-21H,5-17H2,1-4H3. The van der Waals surface area contributed by atoms with Gasteiger partial charge in [-0.05, 0) is 59.3 Å². The zero-order valence-electron chi connectivity index (χ0n) is 19.5. The van der Waals surface area contributed by atoms with Gasteiger partial charge in [-0.25, -0.2) is 4.79 Å². The van der Waals surface area contributed by atoms with Crippen LogP contribution in [0.15, 0.2) is 0 Å². The van der Waals surface area contributed by atoms with E-state index < -0.39 is 0 Å². The number of carbonyl (C=O) groups is 2. The number of rotatable bonds is 5. The molecule has 0 bridgehead atoms. The molecule has 7 nitrogen and oxygen atoms in total. The summed E-state index contributed by atoms with van der Waals surface area (Å²) in [6.07, 6.45) is 4.44. The predicted octanol–water partition coefficient (Wildman–Crippen LogP) is 2.51. The lowest BCUT2D eigenvalue weighted by atomic mass is 9.91. The van der Waals surface area contributed by atoms with Crippen LogP contribution >= 0.6 is 0 Å². The van der Waals surface area contributed by atoms with Crippen LogP contribution in [-0.4, -0.2) is 103 Å². The highest BCUT2D eigenvalue weighted by atomic mass is 16.5. The van der Waals surface area contributed by atoms with Crippen molar-refractivity contribution in [2.75, 3.05) is 58.9 Å². The predicted molar refractivity (Wildman–Crippen MR) is 118 cm³/mol. The van der Waals surface area contributed by atoms with Gasteiger partial charge in [0.2, 0.25) is 5.91 Å². The van der Waals surface area contributed by atoms with Gasteiger partial charge in [0.25, 0.3) is 0 Å². The lowest BCUT2D eigenvalue weighted by molar-refractivity contribution is -0.138. The van der Waals surface area contributed by atoms with Crippen molar-refractivity contribution in [3.63, 3.8) is 0 Å². The number of carbonyl (C=O) groups excluding carboxylic acids is 2. The Morgan fingerprint density at radius 1 is 0.867 bits per heavy atom. The van der Waals surface area contributed by atoms with Crippen molar-refractivity contribution >= 4 is 11.9 Å². The van der Waals surface area contributed by atoms with Gasteiger partial charge in [-0.15, -0.1) is 0 Å². The fraction of sp³-hybridized carbons (Fsp3) is 0.913. The van der Waals surface area contributed by atoms with Gasteiger partial charge in [-0.2, -0.15) is 0 Å². The highest BCUT2D eigenvalue weighted by Gasteiger charge is 2.33. The minimum absolute atomic E-state index is 0.0863. The summed E-state index contributed by atoms with van der Waals surface area (Å²) in [7, 11) is 0. The summed E-state index contributed by atoms with van der Waals surface area (Å²) in [5.41, 5.74) is 0. The lowest BCUT2D eigenvalue weighted by Gasteiger charge is -2.41. The van der Waals surface area contributed by atoms with Crippen LogP contribution < -0.4 is 0 Å². The van der Waals surface area contributed by atoms with E-state index in [-0.39, 0.29) is 11.9 Å². The Labute approximate surface area is 182 Å². The van der Waals surface area contributed by atoms with Gasteiger partial charge in [0, 0.05) is 64.8 Å². The SMILES string of the molecule is CCN(CC)C(=O)N1CCC(C(=O)N2CCC(CN3CC(C)OC(C)C3)CC2)CC1. The van der Waals surface area contributed by atoms with Crippen LogP contribution in [0.5, 0.6) is 0 Å². The van der Waals surface area contributed by atoms with Crippen molar-refractivity contribution in [1.29, 1.82) is 0 Å². The smallest absolute Gasteiger partial charge is 0.319 e. The first-order valence-electron chi connectivity index (χ1n) is 12.1. The van der Waals surface area contributed by atoms with Crippen molar-refractivity contribution in [1.82, 2.24) is 19.6 Å². The minimum atomic E-state index is 0.0863. The van der Waals surface area contributed by atoms with Gasteiger partial charge in [-0.1, -0.05) is 0 Å². The number of morpholine rings is 1. The van der Waals surface area contributed by atoms with Crippen molar-refractivity contribution in [3.05, 3.63) is 0 Å². The summed E-state index contributed by atoms with van der Waals surface area (Å²) in [5, 5.41) is 0. The van der Waals surface area contributed by atoms with E-state index in [1.165, 1.54) is 0 Å². The Bertz CT molecular complexity index is 557. The molecule has 0 aromatic carbocycles. The molecule has 2 atom stereocenters. The van der Waals surface area contributed by atoms with Gasteiger partial charge < -0.3 is 19.4 Å². The van der Waals surface area contributed by atoms with Crippen LogP contribution in [0.25, 0.3) is 0 Å². The maximum absolute atomic E-state index is 13.0. The lowest BCUT2D eigenvalue weighted by Crippen LogP contribution is -2.51. The number of hydrogen-bond acceptors (Lipinski definition) is 4. The first-order valence-corrected chi connectivity index (χ1v) is 12.1. The summed E-state index contributed by atoms with van der Waals surface area (Å²) >= 11 is 0. The maximum atomic E-state index is 13.0. The van der Waals surface area contributed by atoms with E-state index in [0.29, 0.717) is 37.1 Å². The molecule has 0 aromatic heterocycles. The average Bonchev–Trinajstić information content (AvgIpc) is 2.74. The minimum Gasteiger partial charge on any atom is -0.373 e. The largest absolute Gasteiger partial charge is 0.373 e. The summed E-state index contributed by atoms with van der Waals surface area (Å²) in [6.45, 7) is 16.2. The molecule has 2 unspecified atom stereocenters. The molecule has 3 fully saturated rings. The fourth-order valence-corrected chi connectivity index (χ4v) is 5.40. The Hall–Kier alpha value is -1.34. The van der Waals surface area contributed by atoms with E-state index in [4.69, 9.17) is 4.74 Å².